The molecule has 2 aromatic carbocycles. The molecule has 1 atom stereocenters. The predicted octanol–water partition coefficient (Wildman–Crippen LogP) is 2.53. The smallest absolute Gasteiger partial charge is 0.240 e. The summed E-state index contributed by atoms with van der Waals surface area (Å²) in [5, 5.41) is 8.81. The van der Waals surface area contributed by atoms with Crippen LogP contribution >= 0.6 is 0 Å². The van der Waals surface area contributed by atoms with Crippen LogP contribution in [-0.2, 0) is 14.8 Å². The van der Waals surface area contributed by atoms with E-state index in [9.17, 15) is 8.42 Å². The molecular weight excluding hydrogens is 312 g/mol. The molecule has 0 saturated heterocycles. The zero-order valence-electron chi connectivity index (χ0n) is 13.0. The minimum atomic E-state index is -3.59. The van der Waals surface area contributed by atoms with Gasteiger partial charge < -0.3 is 4.74 Å². The summed E-state index contributed by atoms with van der Waals surface area (Å²) in [5.74, 6) is 0. The van der Waals surface area contributed by atoms with Gasteiger partial charge in [-0.15, -0.1) is 0 Å². The average Bonchev–Trinajstić information content (AvgIpc) is 2.56. The summed E-state index contributed by atoms with van der Waals surface area (Å²) in [6.07, 6.45) is -0.428. The van der Waals surface area contributed by atoms with Gasteiger partial charge in [0, 0.05) is 13.7 Å². The Morgan fingerprint density at radius 2 is 1.74 bits per heavy atom. The molecule has 0 spiro atoms. The largest absolute Gasteiger partial charge is 0.375 e. The van der Waals surface area contributed by atoms with Crippen LogP contribution in [0.3, 0.4) is 0 Å². The summed E-state index contributed by atoms with van der Waals surface area (Å²) in [4.78, 5) is 0.220. The normalized spacial score (nSPS) is 12.6. The van der Waals surface area contributed by atoms with Crippen molar-refractivity contribution in [2.24, 2.45) is 0 Å². The van der Waals surface area contributed by atoms with E-state index in [0.717, 1.165) is 11.1 Å². The second kappa shape index (κ2) is 7.38. The lowest BCUT2D eigenvalue weighted by Gasteiger charge is -2.17. The Morgan fingerprint density at radius 1 is 1.13 bits per heavy atom. The first-order valence-corrected chi connectivity index (χ1v) is 8.54. The first kappa shape index (κ1) is 17.2. The molecule has 1 unspecified atom stereocenters. The molecule has 0 bridgehead atoms. The highest BCUT2D eigenvalue weighted by molar-refractivity contribution is 7.89. The Balaban J connectivity index is 2.10. The summed E-state index contributed by atoms with van der Waals surface area (Å²) in [6.45, 7) is 2.01. The van der Waals surface area contributed by atoms with Crippen molar-refractivity contribution in [1.82, 2.24) is 4.72 Å². The third-order valence-electron chi connectivity index (χ3n) is 3.49. The number of nitrogens with zero attached hydrogens (tertiary/aromatic N) is 1. The van der Waals surface area contributed by atoms with Crippen LogP contribution < -0.4 is 4.72 Å². The van der Waals surface area contributed by atoms with Crippen molar-refractivity contribution in [2.75, 3.05) is 13.7 Å². The van der Waals surface area contributed by atoms with Crippen LogP contribution in [0, 0.1) is 18.3 Å². The van der Waals surface area contributed by atoms with Gasteiger partial charge in [-0.3, -0.25) is 0 Å². The third kappa shape index (κ3) is 4.39. The number of hydrogen-bond acceptors (Lipinski definition) is 4. The Hall–Kier alpha value is -2.20. The maximum absolute atomic E-state index is 12.3. The number of sulfonamides is 1. The van der Waals surface area contributed by atoms with E-state index in [2.05, 4.69) is 4.72 Å². The molecule has 0 saturated carbocycles. The van der Waals surface area contributed by atoms with E-state index >= 15 is 0 Å². The van der Waals surface area contributed by atoms with Gasteiger partial charge in [0.05, 0.1) is 22.6 Å². The van der Waals surface area contributed by atoms with Crippen LogP contribution in [0.4, 0.5) is 0 Å². The van der Waals surface area contributed by atoms with Crippen molar-refractivity contribution in [1.29, 1.82) is 5.26 Å². The quantitative estimate of drug-likeness (QED) is 0.883. The summed E-state index contributed by atoms with van der Waals surface area (Å²) in [5.41, 5.74) is 2.35. The minimum absolute atomic E-state index is 0.110. The molecular formula is C17H18N2O3S. The SMILES string of the molecule is COC(CNS(=O)(=O)c1ccc(C)cc1)c1ccc(C#N)cc1. The van der Waals surface area contributed by atoms with Crippen molar-refractivity contribution in [3.05, 3.63) is 65.2 Å². The van der Waals surface area contributed by atoms with Gasteiger partial charge in [0.25, 0.3) is 0 Å². The lowest BCUT2D eigenvalue weighted by Crippen LogP contribution is -2.29. The molecule has 0 amide bonds. The Kier molecular flexibility index (Phi) is 5.50. The number of hydrogen-bond donors (Lipinski definition) is 1. The number of nitriles is 1. The van der Waals surface area contributed by atoms with Gasteiger partial charge in [0.1, 0.15) is 0 Å². The molecule has 0 radical (unpaired) electrons. The van der Waals surface area contributed by atoms with Gasteiger partial charge in [0.15, 0.2) is 0 Å². The number of benzene rings is 2. The number of aryl methyl sites for hydroxylation is 1. The van der Waals surface area contributed by atoms with Crippen molar-refractivity contribution < 1.29 is 13.2 Å². The fourth-order valence-corrected chi connectivity index (χ4v) is 3.13. The molecule has 6 heteroatoms. The Labute approximate surface area is 136 Å². The number of ether oxygens (including phenoxy) is 1. The second-order valence-corrected chi connectivity index (χ2v) is 6.89. The van der Waals surface area contributed by atoms with E-state index in [4.69, 9.17) is 10.00 Å². The van der Waals surface area contributed by atoms with Crippen LogP contribution in [0.5, 0.6) is 0 Å². The first-order valence-electron chi connectivity index (χ1n) is 7.05. The summed E-state index contributed by atoms with van der Waals surface area (Å²) >= 11 is 0. The third-order valence-corrected chi connectivity index (χ3v) is 4.93. The Morgan fingerprint density at radius 3 is 2.26 bits per heavy atom. The van der Waals surface area contributed by atoms with E-state index < -0.39 is 16.1 Å². The zero-order valence-corrected chi connectivity index (χ0v) is 13.8. The van der Waals surface area contributed by atoms with Crippen LogP contribution in [-0.4, -0.2) is 22.1 Å². The molecule has 23 heavy (non-hydrogen) atoms. The maximum Gasteiger partial charge on any atom is 0.240 e. The highest BCUT2D eigenvalue weighted by Gasteiger charge is 2.17. The summed E-state index contributed by atoms with van der Waals surface area (Å²) < 4.78 is 32.5. The molecule has 0 aromatic heterocycles. The van der Waals surface area contributed by atoms with Gasteiger partial charge in [-0.1, -0.05) is 29.8 Å². The first-order chi connectivity index (χ1) is 11.0. The Bertz CT molecular complexity index is 791. The molecule has 2 rings (SSSR count). The molecule has 5 nitrogen and oxygen atoms in total. The topological polar surface area (TPSA) is 79.2 Å². The van der Waals surface area contributed by atoms with Crippen molar-refractivity contribution >= 4 is 10.0 Å². The van der Waals surface area contributed by atoms with E-state index in [-0.39, 0.29) is 11.4 Å². The van der Waals surface area contributed by atoms with Gasteiger partial charge in [-0.2, -0.15) is 5.26 Å². The predicted molar refractivity (Wildman–Crippen MR) is 87.3 cm³/mol. The van der Waals surface area contributed by atoms with Gasteiger partial charge in [-0.05, 0) is 36.8 Å². The summed E-state index contributed by atoms with van der Waals surface area (Å²) in [7, 11) is -2.07. The standard InChI is InChI=1S/C17H18N2O3S/c1-13-3-9-16(10-4-13)23(20,21)19-12-17(22-2)15-7-5-14(11-18)6-8-15/h3-10,17,19H,12H2,1-2H3. The zero-order chi connectivity index (χ0) is 16.9. The van der Waals surface area contributed by atoms with E-state index in [1.807, 2.05) is 13.0 Å². The monoisotopic (exact) mass is 330 g/mol. The van der Waals surface area contributed by atoms with Crippen LogP contribution in [0.15, 0.2) is 53.4 Å². The fraction of sp³-hybridized carbons (Fsp3) is 0.235. The molecule has 0 aliphatic heterocycles. The highest BCUT2D eigenvalue weighted by Crippen LogP contribution is 2.18. The lowest BCUT2D eigenvalue weighted by atomic mass is 10.1. The van der Waals surface area contributed by atoms with E-state index in [1.54, 1.807) is 48.5 Å². The molecule has 120 valence electrons. The van der Waals surface area contributed by atoms with E-state index in [1.165, 1.54) is 7.11 Å². The molecule has 0 aliphatic rings. The van der Waals surface area contributed by atoms with Crippen LogP contribution in [0.2, 0.25) is 0 Å². The molecule has 1 N–H and O–H groups in total. The van der Waals surface area contributed by atoms with Crippen molar-refractivity contribution in [2.45, 2.75) is 17.9 Å². The number of nitrogens with one attached hydrogen (secondary N) is 1. The highest BCUT2D eigenvalue weighted by atomic mass is 32.2. The maximum atomic E-state index is 12.3. The van der Waals surface area contributed by atoms with Crippen LogP contribution in [0.25, 0.3) is 0 Å². The van der Waals surface area contributed by atoms with Crippen molar-refractivity contribution in [3.8, 4) is 6.07 Å². The molecule has 0 heterocycles. The number of methoxy groups -OCH3 is 1. The second-order valence-electron chi connectivity index (χ2n) is 5.12. The van der Waals surface area contributed by atoms with E-state index in [0.29, 0.717) is 5.56 Å². The molecule has 2 aromatic rings. The van der Waals surface area contributed by atoms with Crippen LogP contribution in [0.1, 0.15) is 22.8 Å². The summed E-state index contributed by atoms with van der Waals surface area (Å²) in [6, 6.07) is 15.6. The van der Waals surface area contributed by atoms with Crippen molar-refractivity contribution in [3.63, 3.8) is 0 Å². The van der Waals surface area contributed by atoms with Gasteiger partial charge in [0.2, 0.25) is 10.0 Å². The van der Waals surface area contributed by atoms with Gasteiger partial charge in [-0.25, -0.2) is 13.1 Å². The fourth-order valence-electron chi connectivity index (χ4n) is 2.10. The minimum Gasteiger partial charge on any atom is -0.375 e. The lowest BCUT2D eigenvalue weighted by molar-refractivity contribution is 0.107. The number of rotatable bonds is 6. The average molecular weight is 330 g/mol. The molecule has 0 fully saturated rings. The van der Waals surface area contributed by atoms with Gasteiger partial charge >= 0.3 is 0 Å². The molecule has 0 aliphatic carbocycles.